The highest BCUT2D eigenvalue weighted by Crippen LogP contribution is 2.41. The average molecular weight is 260 g/mol. The van der Waals surface area contributed by atoms with Crippen LogP contribution in [0.15, 0.2) is 0 Å². The summed E-state index contributed by atoms with van der Waals surface area (Å²) < 4.78 is 0. The predicted octanol–water partition coefficient (Wildman–Crippen LogP) is 2.17. The lowest BCUT2D eigenvalue weighted by Crippen LogP contribution is -2.41. The van der Waals surface area contributed by atoms with Gasteiger partial charge in [0.25, 0.3) is 0 Å². The fourth-order valence-electron chi connectivity index (χ4n) is 0.960. The van der Waals surface area contributed by atoms with E-state index >= 15 is 0 Å². The molecule has 1 fully saturated rings. The molecule has 0 nitrogen and oxygen atoms in total. The standard InChI is InChI=1S/C3H8Br2Si2/c1-6-2-7(4,5)3-6/h6H,2-3H2,1H3. The molecule has 0 aromatic rings. The molecule has 1 aliphatic rings. The SMILES string of the molecule is C[SiH]1C[Si](Br)(Br)C1. The summed E-state index contributed by atoms with van der Waals surface area (Å²) in [4.78, 5) is 0. The molecule has 42 valence electrons. The summed E-state index contributed by atoms with van der Waals surface area (Å²) in [5.41, 5.74) is 3.10. The average Bonchev–Trinajstić information content (AvgIpc) is 1.27. The Morgan fingerprint density at radius 3 is 1.86 bits per heavy atom. The predicted molar refractivity (Wildman–Crippen MR) is 46.2 cm³/mol. The number of hydrogen-bond donors (Lipinski definition) is 0. The Hall–Kier alpha value is 1.39. The number of hydrogen-bond acceptors (Lipinski definition) is 0. The summed E-state index contributed by atoms with van der Waals surface area (Å²) in [6, 6.07) is 0. The third kappa shape index (κ3) is 1.66. The van der Waals surface area contributed by atoms with Gasteiger partial charge >= 0.3 is 0 Å². The van der Waals surface area contributed by atoms with Gasteiger partial charge in [0, 0.05) is 8.80 Å². The highest BCUT2D eigenvalue weighted by atomic mass is 79.9. The van der Waals surface area contributed by atoms with E-state index in [2.05, 4.69) is 37.1 Å². The second-order valence-corrected chi connectivity index (χ2v) is 21.9. The van der Waals surface area contributed by atoms with Crippen molar-refractivity contribution in [2.24, 2.45) is 0 Å². The van der Waals surface area contributed by atoms with Crippen molar-refractivity contribution in [2.75, 3.05) is 0 Å². The van der Waals surface area contributed by atoms with Crippen LogP contribution in [-0.4, -0.2) is 14.1 Å². The van der Waals surface area contributed by atoms with Gasteiger partial charge in [0.15, 0.2) is 5.31 Å². The molecule has 1 rings (SSSR count). The summed E-state index contributed by atoms with van der Waals surface area (Å²) in [5, 5.41) is -0.827. The number of halogens is 2. The Labute approximate surface area is 62.5 Å². The molecule has 0 radical (unpaired) electrons. The summed E-state index contributed by atoms with van der Waals surface area (Å²) in [6.07, 6.45) is 0. The second-order valence-electron chi connectivity index (χ2n) is 2.37. The molecule has 0 amide bonds. The molecule has 1 saturated heterocycles. The summed E-state index contributed by atoms with van der Waals surface area (Å²) >= 11 is 7.39. The topological polar surface area (TPSA) is 0 Å². The third-order valence-electron chi connectivity index (χ3n) is 1.29. The molecule has 0 spiro atoms. The van der Waals surface area contributed by atoms with E-state index in [9.17, 15) is 0 Å². The molecule has 0 bridgehead atoms. The van der Waals surface area contributed by atoms with E-state index in [4.69, 9.17) is 0 Å². The van der Waals surface area contributed by atoms with Crippen LogP contribution >= 0.6 is 30.6 Å². The van der Waals surface area contributed by atoms with Crippen LogP contribution in [0.5, 0.6) is 0 Å². The first-order valence-electron chi connectivity index (χ1n) is 2.48. The molecule has 1 aliphatic heterocycles. The molecule has 1 heterocycles. The van der Waals surface area contributed by atoms with Crippen molar-refractivity contribution < 1.29 is 0 Å². The van der Waals surface area contributed by atoms with Gasteiger partial charge in [-0.15, -0.1) is 30.6 Å². The smallest absolute Gasteiger partial charge is 0.112 e. The van der Waals surface area contributed by atoms with E-state index in [1.54, 1.807) is 11.3 Å². The van der Waals surface area contributed by atoms with Crippen LogP contribution in [0.25, 0.3) is 0 Å². The lowest BCUT2D eigenvalue weighted by molar-refractivity contribution is 1.57. The van der Waals surface area contributed by atoms with Gasteiger partial charge in [-0.2, -0.15) is 0 Å². The van der Waals surface area contributed by atoms with Crippen LogP contribution in [0, 0.1) is 0 Å². The Kier molecular flexibility index (Phi) is 1.83. The molecule has 0 aromatic heterocycles. The van der Waals surface area contributed by atoms with Gasteiger partial charge in [-0.25, -0.2) is 0 Å². The minimum absolute atomic E-state index is 0.126. The van der Waals surface area contributed by atoms with Crippen molar-refractivity contribution in [3.05, 3.63) is 0 Å². The summed E-state index contributed by atoms with van der Waals surface area (Å²) in [6.45, 7) is 2.44. The van der Waals surface area contributed by atoms with Crippen LogP contribution in [-0.2, 0) is 0 Å². The van der Waals surface area contributed by atoms with Gasteiger partial charge < -0.3 is 0 Å². The highest BCUT2D eigenvalue weighted by Gasteiger charge is 2.40. The molecule has 7 heavy (non-hydrogen) atoms. The fraction of sp³-hybridized carbons (Fsp3) is 1.00. The van der Waals surface area contributed by atoms with Crippen molar-refractivity contribution >= 4 is 44.7 Å². The lowest BCUT2D eigenvalue weighted by Gasteiger charge is -2.32. The molecular weight excluding hydrogens is 252 g/mol. The number of rotatable bonds is 0. The molecule has 0 atom stereocenters. The van der Waals surface area contributed by atoms with E-state index in [-0.39, 0.29) is 8.80 Å². The molecular formula is C3H8Br2Si2. The zero-order chi connectivity index (χ0) is 5.49. The quantitative estimate of drug-likeness (QED) is 0.462. The van der Waals surface area contributed by atoms with Crippen LogP contribution < -0.4 is 0 Å². The van der Waals surface area contributed by atoms with Crippen LogP contribution in [0.3, 0.4) is 0 Å². The molecule has 0 aliphatic carbocycles. The highest BCUT2D eigenvalue weighted by molar-refractivity contribution is 9.51. The van der Waals surface area contributed by atoms with Crippen LogP contribution in [0.4, 0.5) is 0 Å². The van der Waals surface area contributed by atoms with Crippen LogP contribution in [0.1, 0.15) is 0 Å². The molecule has 4 heteroatoms. The molecule has 0 unspecified atom stereocenters. The van der Waals surface area contributed by atoms with Gasteiger partial charge in [0.05, 0.1) is 0 Å². The Morgan fingerprint density at radius 2 is 1.86 bits per heavy atom. The third-order valence-corrected chi connectivity index (χ3v) is 23.3. The van der Waals surface area contributed by atoms with E-state index in [1.165, 1.54) is 0 Å². The van der Waals surface area contributed by atoms with Gasteiger partial charge in [-0.1, -0.05) is 6.55 Å². The molecule has 0 saturated carbocycles. The Bertz CT molecular complexity index is 75.0. The zero-order valence-electron chi connectivity index (χ0n) is 4.25. The maximum Gasteiger partial charge on any atom is 0.195 e. The van der Waals surface area contributed by atoms with Gasteiger partial charge in [0.2, 0.25) is 0 Å². The normalized spacial score (nSPS) is 29.6. The lowest BCUT2D eigenvalue weighted by atomic mass is 11.7. The van der Waals surface area contributed by atoms with Crippen molar-refractivity contribution in [1.29, 1.82) is 0 Å². The van der Waals surface area contributed by atoms with Crippen molar-refractivity contribution in [3.63, 3.8) is 0 Å². The molecule has 0 N–H and O–H groups in total. The maximum absolute atomic E-state index is 3.69. The van der Waals surface area contributed by atoms with E-state index in [0.29, 0.717) is 0 Å². The zero-order valence-corrected chi connectivity index (χ0v) is 9.57. The Balaban J connectivity index is 2.29. The largest absolute Gasteiger partial charge is 0.195 e. The van der Waals surface area contributed by atoms with E-state index in [1.807, 2.05) is 0 Å². The first-order chi connectivity index (χ1) is 3.10. The first kappa shape index (κ1) is 6.51. The minimum atomic E-state index is -0.827. The first-order valence-corrected chi connectivity index (χ1v) is 12.2. The Morgan fingerprint density at radius 1 is 1.43 bits per heavy atom. The van der Waals surface area contributed by atoms with Gasteiger partial charge in [-0.05, 0) is 11.3 Å². The monoisotopic (exact) mass is 258 g/mol. The molecule has 0 aromatic carbocycles. The summed E-state index contributed by atoms with van der Waals surface area (Å²) in [7, 11) is -0.126. The maximum atomic E-state index is 3.69. The van der Waals surface area contributed by atoms with E-state index < -0.39 is 5.31 Å². The minimum Gasteiger partial charge on any atom is -0.112 e. The van der Waals surface area contributed by atoms with Crippen molar-refractivity contribution in [1.82, 2.24) is 0 Å². The van der Waals surface area contributed by atoms with Gasteiger partial charge in [-0.3, -0.25) is 0 Å². The summed E-state index contributed by atoms with van der Waals surface area (Å²) in [5.74, 6) is 0. The fourth-order valence-corrected chi connectivity index (χ4v) is 28.5. The van der Waals surface area contributed by atoms with Crippen LogP contribution in [0.2, 0.25) is 17.9 Å². The van der Waals surface area contributed by atoms with E-state index in [0.717, 1.165) is 0 Å². The van der Waals surface area contributed by atoms with Gasteiger partial charge in [0.1, 0.15) is 0 Å². The van der Waals surface area contributed by atoms with Crippen molar-refractivity contribution in [2.45, 2.75) is 17.9 Å². The van der Waals surface area contributed by atoms with Crippen molar-refractivity contribution in [3.8, 4) is 0 Å². The second kappa shape index (κ2) is 1.97.